The largest absolute Gasteiger partial charge is 0.357 e. The van der Waals surface area contributed by atoms with E-state index in [1.807, 2.05) is 0 Å². The fourth-order valence-electron chi connectivity index (χ4n) is 0.170. The van der Waals surface area contributed by atoms with E-state index in [0.717, 1.165) is 0 Å². The van der Waals surface area contributed by atoms with Gasteiger partial charge in [0.1, 0.15) is 0 Å². The van der Waals surface area contributed by atoms with Crippen molar-refractivity contribution in [3.63, 3.8) is 0 Å². The molecule has 0 aromatic heterocycles. The Morgan fingerprint density at radius 2 is 2.60 bits per heavy atom. The fourth-order valence-corrected chi connectivity index (χ4v) is 0.170. The monoisotopic (exact) mass is 74.0 g/mol. The van der Waals surface area contributed by atoms with Crippen LogP contribution in [0.3, 0.4) is 0 Å². The maximum absolute atomic E-state index is 4.22. The second-order valence-electron chi connectivity index (χ2n) is 0.712. The van der Waals surface area contributed by atoms with Crippen molar-refractivity contribution in [1.82, 2.24) is 0 Å². The maximum Gasteiger partial charge on any atom is 0.357 e. The quantitative estimate of drug-likeness (QED) is 0.277. The van der Waals surface area contributed by atoms with E-state index in [4.69, 9.17) is 0 Å². The topological polar surface area (TPSA) is 27.7 Å². The summed E-state index contributed by atoms with van der Waals surface area (Å²) >= 11 is 0. The average molecular weight is 73.8 g/mol. The minimum atomic E-state index is 0.556. The Morgan fingerprint density at radius 3 is 2.80 bits per heavy atom. The van der Waals surface area contributed by atoms with Crippen molar-refractivity contribution in [2.75, 3.05) is 6.51 Å². The van der Waals surface area contributed by atoms with Gasteiger partial charge in [-0.25, -0.2) is 4.89 Å². The first-order valence-corrected chi connectivity index (χ1v) is 1.41. The predicted octanol–water partition coefficient (Wildman–Crippen LogP) is -0.811. The standard InChI is InChI=1S/CH3BO3/c1-2-4-5-3-1/h2H,1H2. The van der Waals surface area contributed by atoms with Crippen LogP contribution in [0.5, 0.6) is 0 Å². The van der Waals surface area contributed by atoms with Crippen molar-refractivity contribution in [2.45, 2.75) is 0 Å². The molecular weight excluding hydrogens is 70.8 g/mol. The molecule has 0 bridgehead atoms. The molecule has 0 saturated carbocycles. The normalized spacial score (nSPS) is 22.4. The Bertz CT molecular complexity index is 18.5. The third-order valence-corrected chi connectivity index (χ3v) is 0.346. The Morgan fingerprint density at radius 1 is 1.60 bits per heavy atom. The molecule has 3 nitrogen and oxygen atoms in total. The van der Waals surface area contributed by atoms with Crippen LogP contribution in [-0.2, 0) is 14.7 Å². The molecule has 28 valence electrons. The summed E-state index contributed by atoms with van der Waals surface area (Å²) in [4.78, 5) is 8.44. The van der Waals surface area contributed by atoms with Gasteiger partial charge in [0.2, 0.25) is 0 Å². The van der Waals surface area contributed by atoms with Crippen molar-refractivity contribution < 1.29 is 14.7 Å². The molecule has 1 heterocycles. The van der Waals surface area contributed by atoms with Crippen molar-refractivity contribution in [1.29, 1.82) is 0 Å². The molecule has 0 aromatic rings. The smallest absolute Gasteiger partial charge is 0.277 e. The zero-order chi connectivity index (χ0) is 3.54. The lowest BCUT2D eigenvalue weighted by molar-refractivity contribution is -0.433. The number of rotatable bonds is 0. The summed E-state index contributed by atoms with van der Waals surface area (Å²) in [7, 11) is 0.556. The van der Waals surface area contributed by atoms with E-state index in [1.54, 1.807) is 0 Å². The third-order valence-electron chi connectivity index (χ3n) is 0.346. The van der Waals surface area contributed by atoms with Gasteiger partial charge < -0.3 is 0 Å². The highest BCUT2D eigenvalue weighted by atomic mass is 17.5. The van der Waals surface area contributed by atoms with Gasteiger partial charge in [-0.05, 0) is 0 Å². The summed E-state index contributed by atoms with van der Waals surface area (Å²) in [6, 6.07) is 0. The van der Waals surface area contributed by atoms with Crippen LogP contribution in [0.2, 0.25) is 0 Å². The van der Waals surface area contributed by atoms with Crippen molar-refractivity contribution in [3.05, 3.63) is 0 Å². The van der Waals surface area contributed by atoms with Gasteiger partial charge in [0.15, 0.2) is 0 Å². The summed E-state index contributed by atoms with van der Waals surface area (Å²) < 4.78 is 0. The van der Waals surface area contributed by atoms with Crippen LogP contribution in [0.15, 0.2) is 0 Å². The van der Waals surface area contributed by atoms with E-state index in [9.17, 15) is 0 Å². The van der Waals surface area contributed by atoms with E-state index in [-0.39, 0.29) is 0 Å². The van der Waals surface area contributed by atoms with Crippen LogP contribution in [0.25, 0.3) is 0 Å². The van der Waals surface area contributed by atoms with Gasteiger partial charge in [-0.3, -0.25) is 4.81 Å². The first-order valence-electron chi connectivity index (χ1n) is 1.41. The highest BCUT2D eigenvalue weighted by molar-refractivity contribution is 6.26. The van der Waals surface area contributed by atoms with Crippen LogP contribution in [0.1, 0.15) is 0 Å². The summed E-state index contributed by atoms with van der Waals surface area (Å²) in [6.07, 6.45) is 0. The SMILES string of the molecule is B1COOO1. The van der Waals surface area contributed by atoms with Crippen molar-refractivity contribution in [3.8, 4) is 0 Å². The summed E-state index contributed by atoms with van der Waals surface area (Å²) in [5.41, 5.74) is 0. The molecule has 1 fully saturated rings. The summed E-state index contributed by atoms with van der Waals surface area (Å²) in [6.45, 7) is 0.556. The highest BCUT2D eigenvalue weighted by Crippen LogP contribution is 1.85. The molecule has 5 heavy (non-hydrogen) atoms. The molecule has 1 rings (SSSR count). The molecule has 1 saturated heterocycles. The fraction of sp³-hybridized carbons (Fsp3) is 1.00. The summed E-state index contributed by atoms with van der Waals surface area (Å²) in [5, 5.41) is 3.94. The zero-order valence-electron chi connectivity index (χ0n) is 2.64. The molecule has 0 N–H and O–H groups in total. The molecule has 0 radical (unpaired) electrons. The van der Waals surface area contributed by atoms with Gasteiger partial charge >= 0.3 is 7.48 Å². The molecule has 1 aliphatic heterocycles. The molecule has 0 amide bonds. The van der Waals surface area contributed by atoms with Gasteiger partial charge in [-0.1, -0.05) is 5.04 Å². The first-order chi connectivity index (χ1) is 2.50. The molecule has 4 heteroatoms. The first kappa shape index (κ1) is 3.15. The molecule has 0 spiro atoms. The van der Waals surface area contributed by atoms with Gasteiger partial charge in [-0.15, -0.1) is 0 Å². The Kier molecular flexibility index (Phi) is 0.881. The van der Waals surface area contributed by atoms with E-state index in [2.05, 4.69) is 14.7 Å². The van der Waals surface area contributed by atoms with Crippen LogP contribution in [0, 0.1) is 0 Å². The third kappa shape index (κ3) is 0.610. The Labute approximate surface area is 30.0 Å². The molecular formula is CH3BO3. The van der Waals surface area contributed by atoms with Crippen molar-refractivity contribution >= 4 is 7.48 Å². The van der Waals surface area contributed by atoms with E-state index in [1.165, 1.54) is 0 Å². The highest BCUT2D eigenvalue weighted by Gasteiger charge is 2.01. The van der Waals surface area contributed by atoms with Gasteiger partial charge in [-0.2, -0.15) is 0 Å². The average Bonchev–Trinajstić information content (AvgIpc) is 1.76. The predicted molar refractivity (Wildman–Crippen MR) is 15.3 cm³/mol. The zero-order valence-corrected chi connectivity index (χ0v) is 2.64. The van der Waals surface area contributed by atoms with Gasteiger partial charge in [0.25, 0.3) is 0 Å². The lowest BCUT2D eigenvalue weighted by Crippen LogP contribution is -1.86. The minimum Gasteiger partial charge on any atom is -0.277 e. The van der Waals surface area contributed by atoms with Crippen molar-refractivity contribution in [2.24, 2.45) is 0 Å². The number of hydrogen-bond acceptors (Lipinski definition) is 3. The second-order valence-corrected chi connectivity index (χ2v) is 0.712. The maximum atomic E-state index is 4.22. The lowest BCUT2D eigenvalue weighted by Gasteiger charge is -1.77. The second kappa shape index (κ2) is 1.40. The van der Waals surface area contributed by atoms with Crippen LogP contribution in [-0.4, -0.2) is 14.0 Å². The van der Waals surface area contributed by atoms with E-state index >= 15 is 0 Å². The molecule has 0 aromatic carbocycles. The molecule has 1 aliphatic rings. The lowest BCUT2D eigenvalue weighted by atomic mass is 10.1. The molecule has 0 aliphatic carbocycles. The van der Waals surface area contributed by atoms with Crippen LogP contribution in [0.4, 0.5) is 0 Å². The van der Waals surface area contributed by atoms with Gasteiger partial charge in [0.05, 0.1) is 6.51 Å². The minimum absolute atomic E-state index is 0.556. The molecule has 0 atom stereocenters. The number of hydrogen-bond donors (Lipinski definition) is 0. The van der Waals surface area contributed by atoms with Crippen LogP contribution < -0.4 is 0 Å². The van der Waals surface area contributed by atoms with E-state index in [0.29, 0.717) is 14.0 Å². The Hall–Kier alpha value is -0.0551. The summed E-state index contributed by atoms with van der Waals surface area (Å²) in [5.74, 6) is 0. The molecule has 0 unspecified atom stereocenters. The van der Waals surface area contributed by atoms with E-state index < -0.39 is 0 Å². The van der Waals surface area contributed by atoms with Gasteiger partial charge in [0, 0.05) is 0 Å². The van der Waals surface area contributed by atoms with Crippen LogP contribution >= 0.6 is 0 Å². The Balaban J connectivity index is 2.08.